The van der Waals surface area contributed by atoms with Crippen LogP contribution in [0.25, 0.3) is 0 Å². The molecular weight excluding hydrogens is 352 g/mol. The SMILES string of the molecule is CC1=C(C(C)C)C(O)[C@]2(O)C1(O)C13OC(=O)C[C@@]2(C)[C@@]1(O)CCC(C)C3O. The smallest absolute Gasteiger partial charge is 0.307 e. The molecule has 0 aromatic heterocycles. The highest BCUT2D eigenvalue weighted by Gasteiger charge is 2.96. The van der Waals surface area contributed by atoms with Crippen molar-refractivity contribution in [3.8, 4) is 0 Å². The van der Waals surface area contributed by atoms with Gasteiger partial charge >= 0.3 is 5.97 Å². The monoisotopic (exact) mass is 382 g/mol. The van der Waals surface area contributed by atoms with E-state index in [2.05, 4.69) is 0 Å². The zero-order chi connectivity index (χ0) is 20.4. The normalized spacial score (nSPS) is 57.0. The predicted octanol–water partition coefficient (Wildman–Crippen LogP) is 0.0231. The molecule has 0 radical (unpaired) electrons. The van der Waals surface area contributed by atoms with E-state index < -0.39 is 46.0 Å². The molecule has 3 aliphatic carbocycles. The molecule has 8 atom stereocenters. The number of hydrogen-bond donors (Lipinski definition) is 5. The number of carbonyl (C=O) groups excluding carboxylic acids is 1. The Balaban J connectivity index is 2.15. The van der Waals surface area contributed by atoms with E-state index in [9.17, 15) is 30.3 Å². The summed E-state index contributed by atoms with van der Waals surface area (Å²) in [4.78, 5) is 12.6. The highest BCUT2D eigenvalue weighted by atomic mass is 16.6. The van der Waals surface area contributed by atoms with E-state index in [1.165, 1.54) is 6.92 Å². The molecular formula is C20H30O7. The number of esters is 1. The topological polar surface area (TPSA) is 127 Å². The van der Waals surface area contributed by atoms with Crippen LogP contribution < -0.4 is 0 Å². The minimum absolute atomic E-state index is 0.136. The van der Waals surface area contributed by atoms with Crippen LogP contribution in [0.4, 0.5) is 0 Å². The molecule has 27 heavy (non-hydrogen) atoms. The number of carbonyl (C=O) groups is 1. The minimum Gasteiger partial charge on any atom is -0.450 e. The van der Waals surface area contributed by atoms with Crippen LogP contribution in [-0.4, -0.2) is 66.1 Å². The van der Waals surface area contributed by atoms with Gasteiger partial charge in [0.1, 0.15) is 23.4 Å². The van der Waals surface area contributed by atoms with Gasteiger partial charge in [0.2, 0.25) is 5.60 Å². The van der Waals surface area contributed by atoms with Gasteiger partial charge in [-0.05, 0) is 42.7 Å². The lowest BCUT2D eigenvalue weighted by molar-refractivity contribution is -0.307. The van der Waals surface area contributed by atoms with Gasteiger partial charge in [-0.3, -0.25) is 4.79 Å². The molecule has 1 aliphatic heterocycles. The third-order valence-corrected chi connectivity index (χ3v) is 8.44. The van der Waals surface area contributed by atoms with Crippen molar-refractivity contribution in [3.05, 3.63) is 11.1 Å². The van der Waals surface area contributed by atoms with Crippen molar-refractivity contribution >= 4 is 5.97 Å². The molecule has 5 unspecified atom stereocenters. The third kappa shape index (κ3) is 1.50. The Morgan fingerprint density at radius 3 is 2.33 bits per heavy atom. The highest BCUT2D eigenvalue weighted by molar-refractivity contribution is 5.77. The summed E-state index contributed by atoms with van der Waals surface area (Å²) in [7, 11) is 0. The van der Waals surface area contributed by atoms with E-state index in [1.807, 2.05) is 13.8 Å². The summed E-state index contributed by atoms with van der Waals surface area (Å²) in [6, 6.07) is 0. The first-order valence-electron chi connectivity index (χ1n) is 9.74. The molecule has 0 amide bonds. The number of ether oxygens (including phenoxy) is 1. The largest absolute Gasteiger partial charge is 0.450 e. The summed E-state index contributed by atoms with van der Waals surface area (Å²) in [6.45, 7) is 8.53. The number of hydrogen-bond acceptors (Lipinski definition) is 7. The summed E-state index contributed by atoms with van der Waals surface area (Å²) in [5, 5.41) is 58.3. The van der Waals surface area contributed by atoms with E-state index in [-0.39, 0.29) is 30.3 Å². The summed E-state index contributed by atoms with van der Waals surface area (Å²) in [6.07, 6.45) is -2.67. The second kappa shape index (κ2) is 4.94. The van der Waals surface area contributed by atoms with E-state index in [1.54, 1.807) is 13.8 Å². The maximum Gasteiger partial charge on any atom is 0.307 e. The van der Waals surface area contributed by atoms with E-state index in [0.29, 0.717) is 12.0 Å². The zero-order valence-corrected chi connectivity index (χ0v) is 16.5. The Hall–Kier alpha value is -0.990. The molecule has 0 aromatic carbocycles. The molecule has 0 aromatic rings. The Morgan fingerprint density at radius 2 is 1.78 bits per heavy atom. The molecule has 7 nitrogen and oxygen atoms in total. The quantitative estimate of drug-likeness (QED) is 0.320. The van der Waals surface area contributed by atoms with Gasteiger partial charge < -0.3 is 30.3 Å². The molecule has 7 heteroatoms. The van der Waals surface area contributed by atoms with Gasteiger partial charge in [0, 0.05) is 5.41 Å². The van der Waals surface area contributed by atoms with Crippen LogP contribution in [0.1, 0.15) is 53.9 Å². The Labute approximate surface area is 158 Å². The number of aliphatic hydroxyl groups is 5. The summed E-state index contributed by atoms with van der Waals surface area (Å²) >= 11 is 0. The van der Waals surface area contributed by atoms with Crippen LogP contribution in [-0.2, 0) is 9.53 Å². The minimum atomic E-state index is -2.30. The standard InChI is InChI=1S/C20H30O7/c1-9(2)13-11(4)18(25)19(26,15(13)23)16(5)8-12(21)27-20(18)14(22)10(3)6-7-17(16,20)24/h9-10,14-15,22-26H,6-8H2,1-5H3/t10?,14?,15?,16-,17-,18?,19+,20?/m0/s1. The number of aliphatic hydroxyl groups excluding tert-OH is 2. The first-order valence-corrected chi connectivity index (χ1v) is 9.74. The van der Waals surface area contributed by atoms with Crippen LogP contribution in [0.3, 0.4) is 0 Å². The predicted molar refractivity (Wildman–Crippen MR) is 94.3 cm³/mol. The molecule has 2 bridgehead atoms. The van der Waals surface area contributed by atoms with Gasteiger partial charge in [0.05, 0.1) is 6.42 Å². The lowest BCUT2D eigenvalue weighted by atomic mass is 9.55. The second-order valence-electron chi connectivity index (χ2n) is 9.65. The van der Waals surface area contributed by atoms with Crippen molar-refractivity contribution in [1.29, 1.82) is 0 Å². The Morgan fingerprint density at radius 1 is 1.19 bits per heavy atom. The summed E-state index contributed by atoms with van der Waals surface area (Å²) in [5.74, 6) is -1.28. The molecule has 4 aliphatic rings. The molecule has 1 saturated heterocycles. The van der Waals surface area contributed by atoms with E-state index in [0.717, 1.165) is 0 Å². The molecule has 0 spiro atoms. The maximum absolute atomic E-state index is 12.6. The van der Waals surface area contributed by atoms with Crippen LogP contribution in [0.2, 0.25) is 0 Å². The molecule has 2 saturated carbocycles. The van der Waals surface area contributed by atoms with Gasteiger partial charge in [-0.1, -0.05) is 27.7 Å². The molecule has 4 rings (SSSR count). The van der Waals surface area contributed by atoms with E-state index >= 15 is 0 Å². The van der Waals surface area contributed by atoms with Crippen molar-refractivity contribution < 1.29 is 35.1 Å². The van der Waals surface area contributed by atoms with Gasteiger partial charge in [0.15, 0.2) is 5.60 Å². The lowest BCUT2D eigenvalue weighted by Gasteiger charge is -2.59. The second-order valence-corrected chi connectivity index (χ2v) is 9.65. The van der Waals surface area contributed by atoms with Crippen LogP contribution >= 0.6 is 0 Å². The number of fused-ring (bicyclic) bond motifs is 2. The van der Waals surface area contributed by atoms with Gasteiger partial charge in [-0.2, -0.15) is 0 Å². The lowest BCUT2D eigenvalue weighted by Crippen LogP contribution is -2.77. The fraction of sp³-hybridized carbons (Fsp3) is 0.850. The van der Waals surface area contributed by atoms with Gasteiger partial charge in [0.25, 0.3) is 0 Å². The van der Waals surface area contributed by atoms with Crippen molar-refractivity contribution in [1.82, 2.24) is 0 Å². The van der Waals surface area contributed by atoms with Crippen molar-refractivity contribution in [3.63, 3.8) is 0 Å². The van der Waals surface area contributed by atoms with Crippen LogP contribution in [0.15, 0.2) is 11.1 Å². The van der Waals surface area contributed by atoms with Crippen molar-refractivity contribution in [2.24, 2.45) is 17.3 Å². The number of rotatable bonds is 1. The molecule has 1 heterocycles. The fourth-order valence-corrected chi connectivity index (χ4v) is 7.08. The Bertz CT molecular complexity index is 761. The third-order valence-electron chi connectivity index (χ3n) is 8.44. The first kappa shape index (κ1) is 19.3. The zero-order valence-electron chi connectivity index (χ0n) is 16.5. The average Bonchev–Trinajstić information content (AvgIpc) is 2.75. The fourth-order valence-electron chi connectivity index (χ4n) is 7.08. The van der Waals surface area contributed by atoms with Gasteiger partial charge in [-0.25, -0.2) is 0 Å². The van der Waals surface area contributed by atoms with Crippen LogP contribution in [0.5, 0.6) is 0 Å². The first-order chi connectivity index (χ1) is 12.3. The average molecular weight is 382 g/mol. The summed E-state index contributed by atoms with van der Waals surface area (Å²) < 4.78 is 5.65. The van der Waals surface area contributed by atoms with E-state index in [4.69, 9.17) is 4.74 Å². The molecule has 152 valence electrons. The Kier molecular flexibility index (Phi) is 3.54. The highest BCUT2D eigenvalue weighted by Crippen LogP contribution is 2.77. The van der Waals surface area contributed by atoms with Crippen LogP contribution in [0, 0.1) is 17.3 Å². The van der Waals surface area contributed by atoms with Crippen molar-refractivity contribution in [2.75, 3.05) is 0 Å². The van der Waals surface area contributed by atoms with Gasteiger partial charge in [-0.15, -0.1) is 0 Å². The molecule has 5 N–H and O–H groups in total. The van der Waals surface area contributed by atoms with Crippen molar-refractivity contribution in [2.45, 2.75) is 88.5 Å². The summed E-state index contributed by atoms with van der Waals surface area (Å²) in [5.41, 5.74) is -9.47. The maximum atomic E-state index is 12.6. The molecule has 3 fully saturated rings.